The van der Waals surface area contributed by atoms with Crippen molar-refractivity contribution in [3.8, 4) is 0 Å². The normalized spacial score (nSPS) is 13.2. The van der Waals surface area contributed by atoms with Crippen LogP contribution in [0.15, 0.2) is 60.7 Å². The summed E-state index contributed by atoms with van der Waals surface area (Å²) < 4.78 is 0. The molecular formula is C28H30ClN3O3. The van der Waals surface area contributed by atoms with E-state index in [2.05, 4.69) is 5.32 Å². The van der Waals surface area contributed by atoms with E-state index in [1.807, 2.05) is 55.5 Å². The smallest absolute Gasteiger partial charge is 0.258 e. The van der Waals surface area contributed by atoms with Gasteiger partial charge in [0.1, 0.15) is 6.04 Å². The van der Waals surface area contributed by atoms with Crippen LogP contribution in [0.25, 0.3) is 10.8 Å². The van der Waals surface area contributed by atoms with Gasteiger partial charge >= 0.3 is 0 Å². The molecule has 4 rings (SSSR count). The average molecular weight is 492 g/mol. The molecule has 1 heterocycles. The van der Waals surface area contributed by atoms with Gasteiger partial charge in [-0.25, -0.2) is 0 Å². The summed E-state index contributed by atoms with van der Waals surface area (Å²) in [5.74, 6) is -0.331. The van der Waals surface area contributed by atoms with Crippen LogP contribution in [0.3, 0.4) is 0 Å². The van der Waals surface area contributed by atoms with Gasteiger partial charge in [-0.05, 0) is 55.0 Å². The number of nitrogens with zero attached hydrogens (tertiary/aromatic N) is 2. The minimum Gasteiger partial charge on any atom is -0.354 e. The lowest BCUT2D eigenvalue weighted by Gasteiger charge is -2.29. The fourth-order valence-corrected chi connectivity index (χ4v) is 4.62. The van der Waals surface area contributed by atoms with Gasteiger partial charge in [0.25, 0.3) is 5.91 Å². The molecule has 35 heavy (non-hydrogen) atoms. The Morgan fingerprint density at radius 1 is 1.06 bits per heavy atom. The van der Waals surface area contributed by atoms with Gasteiger partial charge in [0, 0.05) is 42.0 Å². The van der Waals surface area contributed by atoms with E-state index >= 15 is 0 Å². The second kappa shape index (κ2) is 10.9. The maximum atomic E-state index is 13.3. The number of nitrogens with one attached hydrogen (secondary N) is 1. The molecule has 3 aromatic rings. The van der Waals surface area contributed by atoms with Crippen molar-refractivity contribution < 1.29 is 14.4 Å². The molecule has 182 valence electrons. The van der Waals surface area contributed by atoms with Crippen LogP contribution < -0.4 is 10.2 Å². The summed E-state index contributed by atoms with van der Waals surface area (Å²) in [5, 5.41) is 5.51. The highest BCUT2D eigenvalue weighted by atomic mass is 35.5. The predicted molar refractivity (Wildman–Crippen MR) is 140 cm³/mol. The first-order valence-corrected chi connectivity index (χ1v) is 12.4. The minimum atomic E-state index is -0.615. The van der Waals surface area contributed by atoms with Gasteiger partial charge in [0.05, 0.1) is 5.69 Å². The number of halogens is 1. The van der Waals surface area contributed by atoms with Crippen molar-refractivity contribution in [3.63, 3.8) is 0 Å². The molecule has 0 aromatic heterocycles. The van der Waals surface area contributed by atoms with E-state index < -0.39 is 6.04 Å². The summed E-state index contributed by atoms with van der Waals surface area (Å²) in [6.45, 7) is 5.04. The summed E-state index contributed by atoms with van der Waals surface area (Å²) in [6, 6.07) is 18.3. The summed E-state index contributed by atoms with van der Waals surface area (Å²) in [6.07, 6.45) is 1.55. The van der Waals surface area contributed by atoms with Crippen LogP contribution in [0.2, 0.25) is 5.02 Å². The Bertz CT molecular complexity index is 1240. The molecule has 0 saturated carbocycles. The molecular weight excluding hydrogens is 462 g/mol. The standard InChI is InChI=1S/C28H30ClN3O3/c1-3-16-30-27(34)19(2)32(18-20-12-14-22(29)15-13-20)25(33)11-6-17-31-24-10-5-8-21-7-4-9-23(26(21)24)28(31)35/h4-5,7-10,12-15,19H,3,6,11,16-18H2,1-2H3,(H,30,34). The third-order valence-corrected chi connectivity index (χ3v) is 6.66. The second-order valence-corrected chi connectivity index (χ2v) is 9.29. The van der Waals surface area contributed by atoms with Gasteiger partial charge in [-0.2, -0.15) is 0 Å². The first-order chi connectivity index (χ1) is 16.9. The van der Waals surface area contributed by atoms with Crippen LogP contribution in [0.1, 0.15) is 49.0 Å². The monoisotopic (exact) mass is 491 g/mol. The van der Waals surface area contributed by atoms with Crippen molar-refractivity contribution in [3.05, 3.63) is 76.8 Å². The van der Waals surface area contributed by atoms with Gasteiger partial charge in [-0.3, -0.25) is 14.4 Å². The van der Waals surface area contributed by atoms with Crippen LogP contribution in [0.4, 0.5) is 5.69 Å². The molecule has 3 amide bonds. The fraction of sp³-hybridized carbons (Fsp3) is 0.321. The summed E-state index contributed by atoms with van der Waals surface area (Å²) in [7, 11) is 0. The molecule has 1 aliphatic rings. The number of anilines is 1. The Kier molecular flexibility index (Phi) is 7.71. The fourth-order valence-electron chi connectivity index (χ4n) is 4.50. The molecule has 1 atom stereocenters. The Morgan fingerprint density at radius 3 is 2.49 bits per heavy atom. The summed E-state index contributed by atoms with van der Waals surface area (Å²) in [4.78, 5) is 42.4. The van der Waals surface area contributed by atoms with E-state index in [1.165, 1.54) is 0 Å². The van der Waals surface area contributed by atoms with Gasteiger partial charge in [-0.15, -0.1) is 0 Å². The molecule has 0 bridgehead atoms. The highest BCUT2D eigenvalue weighted by molar-refractivity contribution is 6.30. The largest absolute Gasteiger partial charge is 0.354 e. The summed E-state index contributed by atoms with van der Waals surface area (Å²) >= 11 is 6.01. The maximum absolute atomic E-state index is 13.3. The zero-order valence-corrected chi connectivity index (χ0v) is 20.8. The van der Waals surface area contributed by atoms with Crippen molar-refractivity contribution in [1.82, 2.24) is 10.2 Å². The number of amides is 3. The molecule has 1 N–H and O–H groups in total. The number of benzene rings is 3. The minimum absolute atomic E-state index is 0.0328. The van der Waals surface area contributed by atoms with E-state index in [0.717, 1.165) is 28.4 Å². The molecule has 3 aromatic carbocycles. The van der Waals surface area contributed by atoms with Crippen molar-refractivity contribution in [2.75, 3.05) is 18.0 Å². The van der Waals surface area contributed by atoms with Crippen LogP contribution in [0.5, 0.6) is 0 Å². The first-order valence-electron chi connectivity index (χ1n) is 12.1. The molecule has 7 heteroatoms. The Hall–Kier alpha value is -3.38. The first kappa shape index (κ1) is 24.7. The van der Waals surface area contributed by atoms with Crippen LogP contribution >= 0.6 is 11.6 Å². The highest BCUT2D eigenvalue weighted by Gasteiger charge is 2.30. The third kappa shape index (κ3) is 5.33. The molecule has 0 aliphatic carbocycles. The Morgan fingerprint density at radius 2 is 1.77 bits per heavy atom. The number of carbonyl (C=O) groups is 3. The highest BCUT2D eigenvalue weighted by Crippen LogP contribution is 2.37. The molecule has 1 unspecified atom stereocenters. The lowest BCUT2D eigenvalue weighted by molar-refractivity contribution is -0.140. The van der Waals surface area contributed by atoms with E-state index in [4.69, 9.17) is 11.6 Å². The number of carbonyl (C=O) groups excluding carboxylic acids is 3. The van der Waals surface area contributed by atoms with Crippen molar-refractivity contribution in [2.24, 2.45) is 0 Å². The lowest BCUT2D eigenvalue weighted by Crippen LogP contribution is -2.47. The van der Waals surface area contributed by atoms with Gasteiger partial charge < -0.3 is 15.1 Å². The summed E-state index contributed by atoms with van der Waals surface area (Å²) in [5.41, 5.74) is 2.49. The maximum Gasteiger partial charge on any atom is 0.258 e. The molecule has 0 spiro atoms. The number of hydrogen-bond acceptors (Lipinski definition) is 3. The van der Waals surface area contributed by atoms with Crippen LogP contribution in [-0.4, -0.2) is 41.8 Å². The van der Waals surface area contributed by atoms with Crippen LogP contribution in [-0.2, 0) is 16.1 Å². The zero-order valence-electron chi connectivity index (χ0n) is 20.1. The molecule has 6 nitrogen and oxygen atoms in total. The van der Waals surface area contributed by atoms with Gasteiger partial charge in [-0.1, -0.05) is 54.9 Å². The van der Waals surface area contributed by atoms with Gasteiger partial charge in [0.15, 0.2) is 0 Å². The zero-order chi connectivity index (χ0) is 24.9. The quantitative estimate of drug-likeness (QED) is 0.425. The van der Waals surface area contributed by atoms with Gasteiger partial charge in [0.2, 0.25) is 11.8 Å². The SMILES string of the molecule is CCCNC(=O)C(C)N(Cc1ccc(Cl)cc1)C(=O)CCCN1C(=O)c2cccc3cccc1c23. The average Bonchev–Trinajstić information content (AvgIpc) is 3.14. The van der Waals surface area contributed by atoms with Crippen molar-refractivity contribution in [2.45, 2.75) is 45.7 Å². The number of rotatable bonds is 10. The topological polar surface area (TPSA) is 69.7 Å². The molecule has 0 saturated heterocycles. The van der Waals surface area contributed by atoms with E-state index in [1.54, 1.807) is 28.9 Å². The van der Waals surface area contributed by atoms with Crippen LogP contribution in [0, 0.1) is 0 Å². The number of hydrogen-bond donors (Lipinski definition) is 1. The van der Waals surface area contributed by atoms with E-state index in [9.17, 15) is 14.4 Å². The lowest BCUT2D eigenvalue weighted by atomic mass is 10.1. The molecule has 0 fully saturated rings. The molecule has 1 aliphatic heterocycles. The van der Waals surface area contributed by atoms with E-state index in [0.29, 0.717) is 36.6 Å². The third-order valence-electron chi connectivity index (χ3n) is 6.40. The predicted octanol–water partition coefficient (Wildman–Crippen LogP) is 5.18. The van der Waals surface area contributed by atoms with E-state index in [-0.39, 0.29) is 24.1 Å². The molecule has 0 radical (unpaired) electrons. The van der Waals surface area contributed by atoms with Crippen molar-refractivity contribution in [1.29, 1.82) is 0 Å². The second-order valence-electron chi connectivity index (χ2n) is 8.86. The van der Waals surface area contributed by atoms with Crippen molar-refractivity contribution >= 4 is 45.8 Å². The Balaban J connectivity index is 1.45. The Labute approximate surface area is 210 Å².